The summed E-state index contributed by atoms with van der Waals surface area (Å²) in [4.78, 5) is 36.8. The average molecular weight is 288 g/mol. The number of hydrogen-bond acceptors (Lipinski definition) is 5. The van der Waals surface area contributed by atoms with Crippen molar-refractivity contribution in [1.82, 2.24) is 10.2 Å². The highest BCUT2D eigenvalue weighted by atomic mass is 16.4. The Morgan fingerprint density at radius 1 is 1.24 bits per heavy atom. The van der Waals surface area contributed by atoms with Gasteiger partial charge in [0.1, 0.15) is 6.04 Å². The predicted molar refractivity (Wildman–Crippen MR) is 72.3 cm³/mol. The van der Waals surface area contributed by atoms with E-state index in [1.54, 1.807) is 6.07 Å². The molecule has 8 heteroatoms. The second-order valence-electron chi connectivity index (χ2n) is 5.19. The first-order valence-corrected chi connectivity index (χ1v) is 6.61. The average Bonchev–Trinajstić information content (AvgIpc) is 2.75. The Bertz CT molecular complexity index is 645. The van der Waals surface area contributed by atoms with Crippen molar-refractivity contribution in [2.45, 2.75) is 25.4 Å². The van der Waals surface area contributed by atoms with E-state index in [0.29, 0.717) is 12.0 Å². The summed E-state index contributed by atoms with van der Waals surface area (Å²) in [5.41, 5.74) is 1.33. The Morgan fingerprint density at radius 3 is 2.67 bits per heavy atom. The Morgan fingerprint density at radius 2 is 2.00 bits per heavy atom. The number of imide groups is 1. The van der Waals surface area contributed by atoms with Crippen molar-refractivity contribution in [1.29, 1.82) is 0 Å². The fraction of sp³-hybridized carbons (Fsp3) is 0.308. The lowest BCUT2D eigenvalue weighted by atomic mass is 9.79. The van der Waals surface area contributed by atoms with Crippen LogP contribution < -0.4 is 10.8 Å². The van der Waals surface area contributed by atoms with Gasteiger partial charge in [-0.05, 0) is 23.5 Å². The summed E-state index contributed by atoms with van der Waals surface area (Å²) in [5, 5.41) is 20.5. The van der Waals surface area contributed by atoms with Crippen molar-refractivity contribution < 1.29 is 24.4 Å². The van der Waals surface area contributed by atoms with Crippen LogP contribution in [0.4, 0.5) is 0 Å². The van der Waals surface area contributed by atoms with Gasteiger partial charge in [0.2, 0.25) is 11.8 Å². The predicted octanol–water partition coefficient (Wildman–Crippen LogP) is -1.87. The number of nitrogens with one attached hydrogen (secondary N) is 1. The fourth-order valence-corrected chi connectivity index (χ4v) is 2.73. The molecule has 2 aliphatic rings. The lowest BCUT2D eigenvalue weighted by Gasteiger charge is -2.29. The van der Waals surface area contributed by atoms with Crippen molar-refractivity contribution in [3.8, 4) is 0 Å². The number of nitrogens with zero attached hydrogens (tertiary/aromatic N) is 1. The highest BCUT2D eigenvalue weighted by Gasteiger charge is 2.39. The second kappa shape index (κ2) is 4.98. The summed E-state index contributed by atoms with van der Waals surface area (Å²) in [6, 6.07) is 3.94. The SMILES string of the molecule is O=C1CCC(N2Cc3ccc(B(O)O)cc3C2=O)C(=O)N1. The molecular formula is C13H13BN2O5. The molecular weight excluding hydrogens is 275 g/mol. The van der Waals surface area contributed by atoms with Gasteiger partial charge < -0.3 is 14.9 Å². The molecule has 0 spiro atoms. The molecule has 0 aliphatic carbocycles. The summed E-state index contributed by atoms with van der Waals surface area (Å²) >= 11 is 0. The van der Waals surface area contributed by atoms with Crippen molar-refractivity contribution in [2.75, 3.05) is 0 Å². The molecule has 0 bridgehead atoms. The van der Waals surface area contributed by atoms with Crippen molar-refractivity contribution in [3.63, 3.8) is 0 Å². The van der Waals surface area contributed by atoms with Crippen LogP contribution in [0.2, 0.25) is 0 Å². The molecule has 2 heterocycles. The minimum Gasteiger partial charge on any atom is -0.423 e. The molecule has 0 radical (unpaired) electrons. The molecule has 2 aliphatic heterocycles. The van der Waals surface area contributed by atoms with Gasteiger partial charge in [0.15, 0.2) is 0 Å². The van der Waals surface area contributed by atoms with Gasteiger partial charge in [-0.1, -0.05) is 12.1 Å². The quantitative estimate of drug-likeness (QED) is 0.436. The number of amides is 3. The van der Waals surface area contributed by atoms with Gasteiger partial charge >= 0.3 is 7.12 Å². The van der Waals surface area contributed by atoms with E-state index in [-0.39, 0.29) is 30.2 Å². The molecule has 0 aromatic heterocycles. The van der Waals surface area contributed by atoms with Gasteiger partial charge in [0.05, 0.1) is 0 Å². The van der Waals surface area contributed by atoms with Gasteiger partial charge in [-0.3, -0.25) is 19.7 Å². The molecule has 3 rings (SSSR count). The molecule has 21 heavy (non-hydrogen) atoms. The van der Waals surface area contributed by atoms with E-state index in [4.69, 9.17) is 10.0 Å². The van der Waals surface area contributed by atoms with Crippen LogP contribution in [0, 0.1) is 0 Å². The first-order chi connectivity index (χ1) is 9.97. The monoisotopic (exact) mass is 288 g/mol. The largest absolute Gasteiger partial charge is 0.488 e. The van der Waals surface area contributed by atoms with Crippen LogP contribution in [0.3, 0.4) is 0 Å². The van der Waals surface area contributed by atoms with Gasteiger partial charge in [-0.25, -0.2) is 0 Å². The van der Waals surface area contributed by atoms with Crippen molar-refractivity contribution in [3.05, 3.63) is 29.3 Å². The summed E-state index contributed by atoms with van der Waals surface area (Å²) in [7, 11) is -1.65. The van der Waals surface area contributed by atoms with Gasteiger partial charge in [-0.2, -0.15) is 0 Å². The van der Waals surface area contributed by atoms with Crippen LogP contribution in [-0.4, -0.2) is 45.8 Å². The zero-order valence-electron chi connectivity index (χ0n) is 11.1. The Hall–Kier alpha value is -2.19. The third kappa shape index (κ3) is 2.32. The highest BCUT2D eigenvalue weighted by molar-refractivity contribution is 6.58. The van der Waals surface area contributed by atoms with Gasteiger partial charge in [0, 0.05) is 18.5 Å². The number of fused-ring (bicyclic) bond motifs is 1. The van der Waals surface area contributed by atoms with E-state index < -0.39 is 19.1 Å². The second-order valence-corrected chi connectivity index (χ2v) is 5.19. The van der Waals surface area contributed by atoms with Crippen LogP contribution in [-0.2, 0) is 16.1 Å². The molecule has 1 aromatic carbocycles. The normalized spacial score (nSPS) is 21.3. The van der Waals surface area contributed by atoms with E-state index in [1.165, 1.54) is 17.0 Å². The third-order valence-corrected chi connectivity index (χ3v) is 3.85. The van der Waals surface area contributed by atoms with Crippen LogP contribution in [0.1, 0.15) is 28.8 Å². The fourth-order valence-electron chi connectivity index (χ4n) is 2.73. The van der Waals surface area contributed by atoms with E-state index in [0.717, 1.165) is 5.56 Å². The number of hydrogen-bond donors (Lipinski definition) is 3. The van der Waals surface area contributed by atoms with E-state index >= 15 is 0 Å². The number of piperidine rings is 1. The number of carbonyl (C=O) groups is 3. The molecule has 0 saturated carbocycles. The standard InChI is InChI=1S/C13H13BN2O5/c17-11-4-3-10(12(18)15-11)16-6-7-1-2-8(14(20)21)5-9(7)13(16)19/h1-2,5,10,20-21H,3-4,6H2,(H,15,17,18). The summed E-state index contributed by atoms with van der Waals surface area (Å²) in [6.07, 6.45) is 0.511. The molecule has 1 fully saturated rings. The zero-order valence-corrected chi connectivity index (χ0v) is 11.1. The summed E-state index contributed by atoms with van der Waals surface area (Å²) in [6.45, 7) is 0.280. The summed E-state index contributed by atoms with van der Waals surface area (Å²) in [5.74, 6) is -1.12. The van der Waals surface area contributed by atoms with Crippen molar-refractivity contribution >= 4 is 30.3 Å². The number of carbonyl (C=O) groups excluding carboxylic acids is 3. The van der Waals surface area contributed by atoms with Gasteiger partial charge in [0.25, 0.3) is 5.91 Å². The van der Waals surface area contributed by atoms with E-state index in [2.05, 4.69) is 5.32 Å². The maximum Gasteiger partial charge on any atom is 0.488 e. The Labute approximate surface area is 120 Å². The molecule has 1 saturated heterocycles. The number of benzene rings is 1. The van der Waals surface area contributed by atoms with E-state index in [1.807, 2.05) is 0 Å². The third-order valence-electron chi connectivity index (χ3n) is 3.85. The first-order valence-electron chi connectivity index (χ1n) is 6.61. The Kier molecular flexibility index (Phi) is 3.27. The smallest absolute Gasteiger partial charge is 0.423 e. The zero-order chi connectivity index (χ0) is 15.1. The minimum atomic E-state index is -1.65. The lowest BCUT2D eigenvalue weighted by Crippen LogP contribution is -2.52. The van der Waals surface area contributed by atoms with Crippen LogP contribution in [0.15, 0.2) is 18.2 Å². The highest BCUT2D eigenvalue weighted by Crippen LogP contribution is 2.26. The van der Waals surface area contributed by atoms with E-state index in [9.17, 15) is 14.4 Å². The van der Waals surface area contributed by atoms with Gasteiger partial charge in [-0.15, -0.1) is 0 Å². The van der Waals surface area contributed by atoms with Crippen LogP contribution in [0.25, 0.3) is 0 Å². The van der Waals surface area contributed by atoms with Crippen LogP contribution >= 0.6 is 0 Å². The van der Waals surface area contributed by atoms with Crippen molar-refractivity contribution in [2.24, 2.45) is 0 Å². The Balaban J connectivity index is 1.87. The summed E-state index contributed by atoms with van der Waals surface area (Å²) < 4.78 is 0. The molecule has 7 nitrogen and oxygen atoms in total. The van der Waals surface area contributed by atoms with Crippen LogP contribution in [0.5, 0.6) is 0 Å². The molecule has 108 valence electrons. The first kappa shape index (κ1) is 13.8. The number of rotatable bonds is 2. The maximum atomic E-state index is 12.4. The molecule has 1 aromatic rings. The lowest BCUT2D eigenvalue weighted by molar-refractivity contribution is -0.136. The maximum absolute atomic E-state index is 12.4. The molecule has 1 atom stereocenters. The molecule has 3 amide bonds. The molecule has 1 unspecified atom stereocenters. The minimum absolute atomic E-state index is 0.205. The topological polar surface area (TPSA) is 107 Å². The molecule has 3 N–H and O–H groups in total.